The number of carbonyl (C=O) groups is 1. The van der Waals surface area contributed by atoms with E-state index in [4.69, 9.17) is 0 Å². The fourth-order valence-electron chi connectivity index (χ4n) is 2.53. The number of hydrogen-bond donors (Lipinski definition) is 1. The Morgan fingerprint density at radius 2 is 2.17 bits per heavy atom. The van der Waals surface area contributed by atoms with E-state index in [2.05, 4.69) is 15.5 Å². The van der Waals surface area contributed by atoms with E-state index in [1.54, 1.807) is 12.1 Å². The number of rotatable bonds is 5. The molecule has 0 aliphatic heterocycles. The Bertz CT molecular complexity index is 880. The summed E-state index contributed by atoms with van der Waals surface area (Å²) in [5.41, 5.74) is 1.02. The van der Waals surface area contributed by atoms with Crippen molar-refractivity contribution in [2.24, 2.45) is 0 Å². The van der Waals surface area contributed by atoms with Crippen molar-refractivity contribution in [3.8, 4) is 0 Å². The zero-order valence-corrected chi connectivity index (χ0v) is 15.2. The predicted molar refractivity (Wildman–Crippen MR) is 97.2 cm³/mol. The van der Waals surface area contributed by atoms with Gasteiger partial charge in [-0.2, -0.15) is 0 Å². The molecule has 0 saturated heterocycles. The van der Waals surface area contributed by atoms with Gasteiger partial charge >= 0.3 is 0 Å². The highest BCUT2D eigenvalue weighted by atomic mass is 127. The van der Waals surface area contributed by atoms with Crippen molar-refractivity contribution in [3.63, 3.8) is 0 Å². The number of fused-ring (bicyclic) bond motifs is 1. The molecule has 0 fully saturated rings. The van der Waals surface area contributed by atoms with Crippen molar-refractivity contribution >= 4 is 34.1 Å². The van der Waals surface area contributed by atoms with Crippen LogP contribution in [0, 0.1) is 9.39 Å². The number of hydrogen-bond acceptors (Lipinski definition) is 3. The number of benzene rings is 1. The van der Waals surface area contributed by atoms with E-state index in [0.29, 0.717) is 21.4 Å². The van der Waals surface area contributed by atoms with E-state index >= 15 is 0 Å². The molecule has 0 saturated carbocycles. The van der Waals surface area contributed by atoms with Crippen LogP contribution in [0.5, 0.6) is 0 Å². The fraction of sp³-hybridized carbons (Fsp3) is 0.235. The van der Waals surface area contributed by atoms with Crippen LogP contribution in [0.1, 0.15) is 42.0 Å². The quantitative estimate of drug-likeness (QED) is 0.618. The van der Waals surface area contributed by atoms with Crippen molar-refractivity contribution in [3.05, 3.63) is 63.4 Å². The average Bonchev–Trinajstić information content (AvgIpc) is 3.01. The van der Waals surface area contributed by atoms with Crippen LogP contribution in [0.25, 0.3) is 5.65 Å². The first-order chi connectivity index (χ1) is 11.6. The molecule has 1 N–H and O–H groups in total. The highest BCUT2D eigenvalue weighted by Crippen LogP contribution is 2.19. The van der Waals surface area contributed by atoms with Crippen LogP contribution in [0.15, 0.2) is 42.6 Å². The molecule has 2 heterocycles. The first kappa shape index (κ1) is 16.8. The van der Waals surface area contributed by atoms with Gasteiger partial charge in [0.05, 0.1) is 6.04 Å². The standard InChI is InChI=1S/C17H16FIN4O/c1-2-5-14(16-22-21-15-6-3-4-9-23(15)16)20-17(24)11-7-8-13(19)12(18)10-11/h3-4,6-10,14H,2,5H2,1H3,(H,20,24). The monoisotopic (exact) mass is 438 g/mol. The fourth-order valence-corrected chi connectivity index (χ4v) is 2.87. The highest BCUT2D eigenvalue weighted by molar-refractivity contribution is 14.1. The Morgan fingerprint density at radius 3 is 2.92 bits per heavy atom. The number of amides is 1. The molecule has 0 aliphatic carbocycles. The van der Waals surface area contributed by atoms with Gasteiger partial charge in [-0.1, -0.05) is 19.4 Å². The number of carbonyl (C=O) groups excluding carboxylic acids is 1. The van der Waals surface area contributed by atoms with Crippen molar-refractivity contribution in [1.82, 2.24) is 19.9 Å². The topological polar surface area (TPSA) is 59.3 Å². The van der Waals surface area contributed by atoms with Gasteiger partial charge in [-0.15, -0.1) is 10.2 Å². The van der Waals surface area contributed by atoms with E-state index in [1.165, 1.54) is 6.07 Å². The Kier molecular flexibility index (Phi) is 5.08. The van der Waals surface area contributed by atoms with Crippen LogP contribution in [-0.2, 0) is 0 Å². The molecule has 1 amide bonds. The molecule has 124 valence electrons. The first-order valence-corrected chi connectivity index (χ1v) is 8.73. The lowest BCUT2D eigenvalue weighted by Crippen LogP contribution is -2.30. The van der Waals surface area contributed by atoms with E-state index in [9.17, 15) is 9.18 Å². The van der Waals surface area contributed by atoms with E-state index < -0.39 is 5.82 Å². The second-order valence-corrected chi connectivity index (χ2v) is 6.59. The molecule has 3 aromatic rings. The zero-order valence-electron chi connectivity index (χ0n) is 13.0. The second-order valence-electron chi connectivity index (χ2n) is 5.43. The van der Waals surface area contributed by atoms with Crippen molar-refractivity contribution in [2.75, 3.05) is 0 Å². The van der Waals surface area contributed by atoms with Gasteiger partial charge < -0.3 is 5.32 Å². The normalized spacial score (nSPS) is 12.3. The number of halogens is 2. The minimum Gasteiger partial charge on any atom is -0.342 e. The Balaban J connectivity index is 1.88. The molecule has 2 aromatic heterocycles. The Labute approximate surface area is 152 Å². The summed E-state index contributed by atoms with van der Waals surface area (Å²) in [5.74, 6) is -0.0496. The van der Waals surface area contributed by atoms with Crippen molar-refractivity contribution in [1.29, 1.82) is 0 Å². The summed E-state index contributed by atoms with van der Waals surface area (Å²) in [4.78, 5) is 12.5. The molecule has 3 rings (SSSR count). The summed E-state index contributed by atoms with van der Waals surface area (Å²) in [7, 11) is 0. The third-order valence-electron chi connectivity index (χ3n) is 3.72. The second kappa shape index (κ2) is 7.25. The molecule has 1 aromatic carbocycles. The van der Waals surface area contributed by atoms with Crippen molar-refractivity contribution < 1.29 is 9.18 Å². The third kappa shape index (κ3) is 3.40. The molecule has 1 atom stereocenters. The minimum atomic E-state index is -0.400. The molecule has 0 aliphatic rings. The zero-order chi connectivity index (χ0) is 17.1. The van der Waals surface area contributed by atoms with E-state index in [0.717, 1.165) is 12.1 Å². The molecular weight excluding hydrogens is 422 g/mol. The van der Waals surface area contributed by atoms with Gasteiger partial charge in [-0.25, -0.2) is 4.39 Å². The molecule has 24 heavy (non-hydrogen) atoms. The van der Waals surface area contributed by atoms with Gasteiger partial charge in [-0.3, -0.25) is 9.20 Å². The smallest absolute Gasteiger partial charge is 0.251 e. The van der Waals surface area contributed by atoms with Crippen LogP contribution in [0.2, 0.25) is 0 Å². The summed E-state index contributed by atoms with van der Waals surface area (Å²) < 4.78 is 16.0. The predicted octanol–water partition coefficient (Wildman–Crippen LogP) is 3.74. The van der Waals surface area contributed by atoms with Gasteiger partial charge in [0.25, 0.3) is 5.91 Å². The maximum atomic E-state index is 13.7. The molecule has 0 radical (unpaired) electrons. The van der Waals surface area contributed by atoms with Crippen LogP contribution < -0.4 is 5.32 Å². The lowest BCUT2D eigenvalue weighted by atomic mass is 10.1. The summed E-state index contributed by atoms with van der Waals surface area (Å²) in [6, 6.07) is 9.80. The molecular formula is C17H16FIN4O. The lowest BCUT2D eigenvalue weighted by molar-refractivity contribution is 0.0932. The maximum Gasteiger partial charge on any atom is 0.251 e. The molecule has 0 spiro atoms. The summed E-state index contributed by atoms with van der Waals surface area (Å²) >= 11 is 1.89. The van der Waals surface area contributed by atoms with Crippen LogP contribution in [-0.4, -0.2) is 20.5 Å². The summed E-state index contributed by atoms with van der Waals surface area (Å²) in [6.07, 6.45) is 3.45. The van der Waals surface area contributed by atoms with Gasteiger partial charge in [0.1, 0.15) is 5.82 Å². The molecule has 5 nitrogen and oxygen atoms in total. The third-order valence-corrected chi connectivity index (χ3v) is 4.59. The average molecular weight is 438 g/mol. The van der Waals surface area contributed by atoms with Crippen molar-refractivity contribution in [2.45, 2.75) is 25.8 Å². The lowest BCUT2D eigenvalue weighted by Gasteiger charge is -2.17. The summed E-state index contributed by atoms with van der Waals surface area (Å²) in [5, 5.41) is 11.3. The molecule has 0 bridgehead atoms. The number of nitrogens with zero attached hydrogens (tertiary/aromatic N) is 3. The highest BCUT2D eigenvalue weighted by Gasteiger charge is 2.20. The van der Waals surface area contributed by atoms with Gasteiger partial charge in [-0.05, 0) is 59.3 Å². The SMILES string of the molecule is CCCC(NC(=O)c1ccc(I)c(F)c1)c1nnc2ccccn12. The minimum absolute atomic E-state index is 0.290. The number of pyridine rings is 1. The Morgan fingerprint density at radius 1 is 1.33 bits per heavy atom. The van der Waals surface area contributed by atoms with E-state index in [1.807, 2.05) is 58.3 Å². The number of aromatic nitrogens is 3. The molecule has 1 unspecified atom stereocenters. The summed E-state index contributed by atoms with van der Waals surface area (Å²) in [6.45, 7) is 2.03. The number of nitrogens with one attached hydrogen (secondary N) is 1. The van der Waals surface area contributed by atoms with Crippen LogP contribution >= 0.6 is 22.6 Å². The van der Waals surface area contributed by atoms with E-state index in [-0.39, 0.29) is 11.9 Å². The maximum absolute atomic E-state index is 13.7. The largest absolute Gasteiger partial charge is 0.342 e. The van der Waals surface area contributed by atoms with Gasteiger partial charge in [0, 0.05) is 15.3 Å². The van der Waals surface area contributed by atoms with Crippen LogP contribution in [0.3, 0.4) is 0 Å². The van der Waals surface area contributed by atoms with Gasteiger partial charge in [0.2, 0.25) is 0 Å². The first-order valence-electron chi connectivity index (χ1n) is 7.65. The Hall–Kier alpha value is -2.03. The molecule has 7 heteroatoms. The van der Waals surface area contributed by atoms with Crippen LogP contribution in [0.4, 0.5) is 4.39 Å². The van der Waals surface area contributed by atoms with Gasteiger partial charge in [0.15, 0.2) is 11.5 Å².